The van der Waals surface area contributed by atoms with Crippen LogP contribution in [0.1, 0.15) is 99.8 Å². The van der Waals surface area contributed by atoms with Crippen LogP contribution in [-0.4, -0.2) is 45.9 Å². The molecule has 0 aliphatic heterocycles. The van der Waals surface area contributed by atoms with Gasteiger partial charge in [0.2, 0.25) is 0 Å². The van der Waals surface area contributed by atoms with Crippen molar-refractivity contribution >= 4 is 17.9 Å². The maximum atomic E-state index is 12.9. The minimum absolute atomic E-state index is 0.0224. The molecule has 7 nitrogen and oxygen atoms in total. The van der Waals surface area contributed by atoms with E-state index < -0.39 is 39.7 Å². The van der Waals surface area contributed by atoms with Crippen LogP contribution in [0.4, 0.5) is 0 Å². The fourth-order valence-electron chi connectivity index (χ4n) is 10.4. The second-order valence-corrected chi connectivity index (χ2v) is 14.6. The second kappa shape index (κ2) is 8.81. The van der Waals surface area contributed by atoms with E-state index in [1.807, 2.05) is 34.6 Å². The molecule has 0 aromatic heterocycles. The number of methoxy groups -OCH3 is 1. The summed E-state index contributed by atoms with van der Waals surface area (Å²) in [5.41, 5.74) is -3.30. The minimum Gasteiger partial charge on any atom is -0.481 e. The summed E-state index contributed by atoms with van der Waals surface area (Å²) in [6, 6.07) is 0. The Hall–Kier alpha value is -1.89. The molecule has 0 unspecified atom stereocenters. The number of hydrogen-bond donors (Lipinski definition) is 3. The summed E-state index contributed by atoms with van der Waals surface area (Å²) < 4.78 is 5.18. The molecule has 0 spiro atoms. The number of carboxylic acid groups (broad SMARTS) is 2. The maximum Gasteiger partial charge on any atom is 0.311 e. The van der Waals surface area contributed by atoms with Gasteiger partial charge in [-0.15, -0.1) is 0 Å². The molecule has 0 aromatic carbocycles. The van der Waals surface area contributed by atoms with E-state index in [1.54, 1.807) is 0 Å². The Balaban J connectivity index is 1.89. The molecule has 3 saturated carbocycles. The maximum absolute atomic E-state index is 12.9. The summed E-state index contributed by atoms with van der Waals surface area (Å²) in [7, 11) is 1.38. The highest BCUT2D eigenvalue weighted by Gasteiger charge is 2.71. The molecule has 9 atom stereocenters. The normalized spacial score (nSPS) is 46.6. The molecule has 0 radical (unpaired) electrons. The van der Waals surface area contributed by atoms with Crippen molar-refractivity contribution in [1.82, 2.24) is 0 Å². The fraction of sp³-hybridized carbons (Fsp3) is 0.839. The summed E-state index contributed by atoms with van der Waals surface area (Å²) in [6.07, 6.45) is 6.65. The van der Waals surface area contributed by atoms with Crippen molar-refractivity contribution in [2.45, 2.75) is 105 Å². The van der Waals surface area contributed by atoms with E-state index in [0.29, 0.717) is 38.5 Å². The van der Waals surface area contributed by atoms with E-state index in [-0.39, 0.29) is 41.0 Å². The summed E-state index contributed by atoms with van der Waals surface area (Å²) in [6.45, 7) is 14.1. The van der Waals surface area contributed by atoms with Gasteiger partial charge in [0.1, 0.15) is 0 Å². The Morgan fingerprint density at radius 2 is 1.66 bits per heavy atom. The average Bonchev–Trinajstić information content (AvgIpc) is 2.80. The molecule has 0 amide bonds. The quantitative estimate of drug-likeness (QED) is 0.307. The smallest absolute Gasteiger partial charge is 0.311 e. The average molecular weight is 533 g/mol. The van der Waals surface area contributed by atoms with Gasteiger partial charge in [-0.05, 0) is 99.7 Å². The molecule has 7 heteroatoms. The van der Waals surface area contributed by atoms with E-state index >= 15 is 0 Å². The van der Waals surface area contributed by atoms with Gasteiger partial charge in [-0.2, -0.15) is 0 Å². The van der Waals surface area contributed by atoms with Crippen LogP contribution in [0.2, 0.25) is 0 Å². The van der Waals surface area contributed by atoms with E-state index in [4.69, 9.17) is 4.74 Å². The standard InChI is InChI=1S/C31H48O7/c1-18-11-14-31(24(34)35)16-15-28(5)19(23(31)30(18,7)37)9-10-21-27(4,17-22(32)33)20(12-13-29(21,28)6)26(2,3)25(36)38-8/h9,18,20-21,23,37H,10-17H2,1-8H3,(H,32,33)(H,34,35)/t18-,20+,21+,23-,27+,28-,29-,30-,31+/m1/s1. The van der Waals surface area contributed by atoms with E-state index in [9.17, 15) is 29.7 Å². The monoisotopic (exact) mass is 532 g/mol. The highest BCUT2D eigenvalue weighted by Crippen LogP contribution is 2.75. The van der Waals surface area contributed by atoms with Gasteiger partial charge in [-0.25, -0.2) is 0 Å². The zero-order valence-corrected chi connectivity index (χ0v) is 24.5. The van der Waals surface area contributed by atoms with Gasteiger partial charge in [0.05, 0.1) is 30.0 Å². The third-order valence-corrected chi connectivity index (χ3v) is 12.9. The Labute approximate surface area is 227 Å². The fourth-order valence-corrected chi connectivity index (χ4v) is 10.4. The van der Waals surface area contributed by atoms with Crippen molar-refractivity contribution in [2.24, 2.45) is 50.7 Å². The van der Waals surface area contributed by atoms with E-state index in [1.165, 1.54) is 7.11 Å². The molecule has 4 aliphatic rings. The largest absolute Gasteiger partial charge is 0.481 e. The summed E-state index contributed by atoms with van der Waals surface area (Å²) in [4.78, 5) is 38.1. The molecular weight excluding hydrogens is 484 g/mol. The number of hydrogen-bond acceptors (Lipinski definition) is 5. The van der Waals surface area contributed by atoms with Crippen molar-refractivity contribution in [3.05, 3.63) is 11.6 Å². The molecule has 4 aliphatic carbocycles. The number of rotatable bonds is 5. The molecule has 214 valence electrons. The molecule has 0 aromatic rings. The number of carbonyl (C=O) groups excluding carboxylic acids is 1. The number of aliphatic carboxylic acids is 2. The van der Waals surface area contributed by atoms with Gasteiger partial charge >= 0.3 is 17.9 Å². The van der Waals surface area contributed by atoms with Crippen molar-refractivity contribution < 1.29 is 34.4 Å². The first kappa shape index (κ1) is 29.1. The first-order valence-corrected chi connectivity index (χ1v) is 14.3. The van der Waals surface area contributed by atoms with Crippen LogP contribution in [-0.2, 0) is 19.1 Å². The molecular formula is C31H48O7. The Morgan fingerprint density at radius 1 is 1.03 bits per heavy atom. The zero-order chi connectivity index (χ0) is 28.7. The number of carboxylic acids is 2. The molecule has 0 bridgehead atoms. The van der Waals surface area contributed by atoms with Gasteiger partial charge in [-0.3, -0.25) is 14.4 Å². The molecule has 3 fully saturated rings. The Morgan fingerprint density at radius 3 is 2.21 bits per heavy atom. The van der Waals surface area contributed by atoms with Crippen molar-refractivity contribution in [3.63, 3.8) is 0 Å². The molecule has 0 saturated heterocycles. The number of aliphatic hydroxyl groups is 1. The molecule has 3 N–H and O–H groups in total. The van der Waals surface area contributed by atoms with Crippen molar-refractivity contribution in [1.29, 1.82) is 0 Å². The first-order chi connectivity index (χ1) is 17.4. The van der Waals surface area contributed by atoms with Gasteiger partial charge in [-0.1, -0.05) is 39.3 Å². The number of carbonyl (C=O) groups is 3. The Bertz CT molecular complexity index is 1060. The third kappa shape index (κ3) is 3.59. The van der Waals surface area contributed by atoms with Crippen LogP contribution in [0.15, 0.2) is 11.6 Å². The highest BCUT2D eigenvalue weighted by molar-refractivity contribution is 5.78. The minimum atomic E-state index is -1.15. The van der Waals surface area contributed by atoms with Crippen LogP contribution in [0, 0.1) is 50.7 Å². The van der Waals surface area contributed by atoms with Crippen LogP contribution >= 0.6 is 0 Å². The van der Waals surface area contributed by atoms with Gasteiger partial charge in [0, 0.05) is 5.92 Å². The van der Waals surface area contributed by atoms with Gasteiger partial charge in [0.25, 0.3) is 0 Å². The first-order valence-electron chi connectivity index (χ1n) is 14.3. The van der Waals surface area contributed by atoms with Gasteiger partial charge in [0.15, 0.2) is 0 Å². The van der Waals surface area contributed by atoms with E-state index in [0.717, 1.165) is 12.0 Å². The number of ether oxygens (including phenoxy) is 1. The lowest BCUT2D eigenvalue weighted by molar-refractivity contribution is -0.207. The predicted octanol–water partition coefficient (Wildman–Crippen LogP) is 5.70. The van der Waals surface area contributed by atoms with Crippen LogP contribution in [0.3, 0.4) is 0 Å². The second-order valence-electron chi connectivity index (χ2n) is 14.6. The third-order valence-electron chi connectivity index (χ3n) is 12.9. The van der Waals surface area contributed by atoms with Gasteiger partial charge < -0.3 is 20.1 Å². The number of allylic oxidation sites excluding steroid dienone is 1. The topological polar surface area (TPSA) is 121 Å². The SMILES string of the molecule is COC(=O)C(C)(C)[C@@H]1CC[C@]2(C)[C@@H](CC=C3[C@H]4[C@](C(=O)O)(CC[C@@H](C)[C@@]4(C)O)CC[C@]32C)[C@@]1(C)CC(=O)O. The lowest BCUT2D eigenvalue weighted by atomic mass is 9.34. The van der Waals surface area contributed by atoms with E-state index in [2.05, 4.69) is 19.9 Å². The van der Waals surface area contributed by atoms with Crippen LogP contribution < -0.4 is 0 Å². The number of fused-ring (bicyclic) bond motifs is 5. The number of esters is 1. The Kier molecular flexibility index (Phi) is 6.74. The van der Waals surface area contributed by atoms with Crippen LogP contribution in [0.25, 0.3) is 0 Å². The van der Waals surface area contributed by atoms with Crippen molar-refractivity contribution in [2.75, 3.05) is 7.11 Å². The summed E-state index contributed by atoms with van der Waals surface area (Å²) in [5.74, 6) is -2.73. The van der Waals surface area contributed by atoms with Crippen molar-refractivity contribution in [3.8, 4) is 0 Å². The zero-order valence-electron chi connectivity index (χ0n) is 24.5. The molecule has 0 heterocycles. The molecule has 38 heavy (non-hydrogen) atoms. The summed E-state index contributed by atoms with van der Waals surface area (Å²) in [5, 5.41) is 32.6. The van der Waals surface area contributed by atoms with Crippen LogP contribution in [0.5, 0.6) is 0 Å². The lowest BCUT2D eigenvalue weighted by Crippen LogP contribution is -2.67. The lowest BCUT2D eigenvalue weighted by Gasteiger charge is -2.70. The summed E-state index contributed by atoms with van der Waals surface area (Å²) >= 11 is 0. The predicted molar refractivity (Wildman–Crippen MR) is 143 cm³/mol. The molecule has 4 rings (SSSR count). The highest BCUT2D eigenvalue weighted by atomic mass is 16.5.